The van der Waals surface area contributed by atoms with Crippen LogP contribution in [0.3, 0.4) is 0 Å². The zero-order valence-electron chi connectivity index (χ0n) is 23.9. The predicted molar refractivity (Wildman–Crippen MR) is 180 cm³/mol. The van der Waals surface area contributed by atoms with E-state index in [1.807, 2.05) is 18.2 Å². The van der Waals surface area contributed by atoms with Crippen molar-refractivity contribution in [3.05, 3.63) is 124 Å². The first-order valence-corrected chi connectivity index (χ1v) is 15.7. The SMILES string of the molecule is CCCCOc1ccc(NC(=O)CSc2cccc(NC(=O)/C(=C\c3c(Cl)cccc3Cl)NC(=O)c3ccccc3)c2)cc1. The van der Waals surface area contributed by atoms with Gasteiger partial charge in [-0.2, -0.15) is 0 Å². The Morgan fingerprint density at radius 1 is 0.818 bits per heavy atom. The van der Waals surface area contributed by atoms with Crippen LogP contribution in [0, 0.1) is 0 Å². The van der Waals surface area contributed by atoms with Gasteiger partial charge in [0.25, 0.3) is 11.8 Å². The Morgan fingerprint density at radius 2 is 1.52 bits per heavy atom. The van der Waals surface area contributed by atoms with Crippen molar-refractivity contribution >= 4 is 70.1 Å². The van der Waals surface area contributed by atoms with Crippen LogP contribution in [0.15, 0.2) is 108 Å². The zero-order chi connectivity index (χ0) is 31.3. The maximum atomic E-state index is 13.4. The fraction of sp³-hybridized carbons (Fsp3) is 0.147. The minimum absolute atomic E-state index is 0.0481. The molecule has 0 unspecified atom stereocenters. The smallest absolute Gasteiger partial charge is 0.272 e. The Morgan fingerprint density at radius 3 is 2.23 bits per heavy atom. The standard InChI is InChI=1S/C34H31Cl2N3O4S/c1-2-3-19-43-26-17-15-24(16-18-26)37-32(40)22-44-27-12-7-11-25(20-27)38-34(42)31(21-28-29(35)13-8-14-30(28)36)39-33(41)23-9-5-4-6-10-23/h4-18,20-21H,2-3,19,22H2,1H3,(H,37,40)(H,38,42)(H,39,41)/b31-21+. The molecule has 0 spiro atoms. The van der Waals surface area contributed by atoms with Gasteiger partial charge in [0.1, 0.15) is 11.4 Å². The average molecular weight is 649 g/mol. The highest BCUT2D eigenvalue weighted by molar-refractivity contribution is 8.00. The third-order valence-electron chi connectivity index (χ3n) is 6.18. The van der Waals surface area contributed by atoms with Crippen molar-refractivity contribution in [2.24, 2.45) is 0 Å². The highest BCUT2D eigenvalue weighted by Crippen LogP contribution is 2.27. The van der Waals surface area contributed by atoms with E-state index in [0.717, 1.165) is 23.5 Å². The summed E-state index contributed by atoms with van der Waals surface area (Å²) in [5.41, 5.74) is 1.87. The first kappa shape index (κ1) is 32.7. The number of thioether (sulfide) groups is 1. The van der Waals surface area contributed by atoms with Gasteiger partial charge in [0.05, 0.1) is 12.4 Å². The van der Waals surface area contributed by atoms with Crippen molar-refractivity contribution in [1.82, 2.24) is 5.32 Å². The molecule has 0 aromatic heterocycles. The van der Waals surface area contributed by atoms with Crippen LogP contribution in [0.2, 0.25) is 10.0 Å². The third kappa shape index (κ3) is 9.91. The number of nitrogens with one attached hydrogen (secondary N) is 3. The van der Waals surface area contributed by atoms with E-state index in [0.29, 0.717) is 39.2 Å². The van der Waals surface area contributed by atoms with Gasteiger partial charge in [0.2, 0.25) is 5.91 Å². The van der Waals surface area contributed by atoms with Gasteiger partial charge < -0.3 is 20.7 Å². The fourth-order valence-corrected chi connectivity index (χ4v) is 5.17. The molecule has 0 fully saturated rings. The number of anilines is 2. The molecule has 3 amide bonds. The Bertz CT molecular complexity index is 1610. The first-order valence-electron chi connectivity index (χ1n) is 13.9. The Balaban J connectivity index is 1.41. The van der Waals surface area contributed by atoms with E-state index in [4.69, 9.17) is 27.9 Å². The lowest BCUT2D eigenvalue weighted by atomic mass is 10.1. The number of halogens is 2. The second-order valence-corrected chi connectivity index (χ2v) is 11.4. The number of ether oxygens (including phenoxy) is 1. The van der Waals surface area contributed by atoms with Crippen LogP contribution in [0.1, 0.15) is 35.7 Å². The topological polar surface area (TPSA) is 96.5 Å². The van der Waals surface area contributed by atoms with Crippen LogP contribution >= 0.6 is 35.0 Å². The number of benzene rings is 4. The summed E-state index contributed by atoms with van der Waals surface area (Å²) in [6.07, 6.45) is 3.49. The molecule has 7 nitrogen and oxygen atoms in total. The van der Waals surface area contributed by atoms with Crippen LogP contribution in [-0.2, 0) is 9.59 Å². The molecule has 0 saturated heterocycles. The number of carbonyl (C=O) groups is 3. The molecule has 226 valence electrons. The molecule has 0 radical (unpaired) electrons. The quantitative estimate of drug-likeness (QED) is 0.0770. The lowest BCUT2D eigenvalue weighted by molar-refractivity contribution is -0.114. The largest absolute Gasteiger partial charge is 0.494 e. The molecule has 4 aromatic carbocycles. The lowest BCUT2D eigenvalue weighted by Crippen LogP contribution is -2.30. The second kappa shape index (κ2) is 16.6. The van der Waals surface area contributed by atoms with Gasteiger partial charge in [-0.25, -0.2) is 0 Å². The van der Waals surface area contributed by atoms with Gasteiger partial charge in [-0.1, -0.05) is 66.9 Å². The fourth-order valence-electron chi connectivity index (χ4n) is 3.91. The monoisotopic (exact) mass is 647 g/mol. The summed E-state index contributed by atoms with van der Waals surface area (Å²) in [7, 11) is 0. The normalized spacial score (nSPS) is 11.0. The van der Waals surface area contributed by atoms with Gasteiger partial charge in [-0.3, -0.25) is 14.4 Å². The van der Waals surface area contributed by atoms with Crippen LogP contribution in [-0.4, -0.2) is 30.1 Å². The summed E-state index contributed by atoms with van der Waals surface area (Å²) in [5.74, 6) is -0.293. The first-order chi connectivity index (χ1) is 21.3. The molecule has 4 aromatic rings. The van der Waals surface area contributed by atoms with E-state index in [9.17, 15) is 14.4 Å². The van der Waals surface area contributed by atoms with Crippen molar-refractivity contribution < 1.29 is 19.1 Å². The number of amides is 3. The van der Waals surface area contributed by atoms with Crippen molar-refractivity contribution in [1.29, 1.82) is 0 Å². The van der Waals surface area contributed by atoms with Gasteiger partial charge >= 0.3 is 0 Å². The number of unbranched alkanes of at least 4 members (excludes halogenated alkanes) is 1. The molecule has 0 bridgehead atoms. The molecule has 0 heterocycles. The van der Waals surface area contributed by atoms with Crippen LogP contribution in [0.4, 0.5) is 11.4 Å². The summed E-state index contributed by atoms with van der Waals surface area (Å²) in [6.45, 7) is 2.77. The maximum Gasteiger partial charge on any atom is 0.272 e. The number of hydrogen-bond donors (Lipinski definition) is 3. The molecule has 3 N–H and O–H groups in total. The van der Waals surface area contributed by atoms with E-state index in [1.54, 1.807) is 78.9 Å². The third-order valence-corrected chi connectivity index (χ3v) is 7.84. The molecule has 0 aliphatic rings. The van der Waals surface area contributed by atoms with Crippen molar-refractivity contribution in [2.45, 2.75) is 24.7 Å². The highest BCUT2D eigenvalue weighted by atomic mass is 35.5. The number of carbonyl (C=O) groups excluding carboxylic acids is 3. The van der Waals surface area contributed by atoms with Gasteiger partial charge in [0.15, 0.2) is 0 Å². The van der Waals surface area contributed by atoms with Gasteiger partial charge in [-0.15, -0.1) is 11.8 Å². The van der Waals surface area contributed by atoms with E-state index < -0.39 is 11.8 Å². The van der Waals surface area contributed by atoms with E-state index in [1.165, 1.54) is 17.8 Å². The molecule has 0 aliphatic carbocycles. The molecular weight excluding hydrogens is 617 g/mol. The van der Waals surface area contributed by atoms with Crippen molar-refractivity contribution in [3.8, 4) is 5.75 Å². The van der Waals surface area contributed by atoms with E-state index in [-0.39, 0.29) is 17.4 Å². The zero-order valence-corrected chi connectivity index (χ0v) is 26.3. The van der Waals surface area contributed by atoms with Crippen LogP contribution in [0.5, 0.6) is 5.75 Å². The molecule has 44 heavy (non-hydrogen) atoms. The molecule has 0 atom stereocenters. The summed E-state index contributed by atoms with van der Waals surface area (Å²) < 4.78 is 5.66. The summed E-state index contributed by atoms with van der Waals surface area (Å²) in [4.78, 5) is 39.7. The molecule has 0 aliphatic heterocycles. The van der Waals surface area contributed by atoms with Gasteiger partial charge in [-0.05, 0) is 79.2 Å². The Labute approximate surface area is 271 Å². The minimum Gasteiger partial charge on any atom is -0.494 e. The molecular formula is C34H31Cl2N3O4S. The predicted octanol–water partition coefficient (Wildman–Crippen LogP) is 8.31. The van der Waals surface area contributed by atoms with E-state index >= 15 is 0 Å². The summed E-state index contributed by atoms with van der Waals surface area (Å²) >= 11 is 14.0. The molecule has 0 saturated carbocycles. The summed E-state index contributed by atoms with van der Waals surface area (Å²) in [5, 5.41) is 9.02. The average Bonchev–Trinajstić information content (AvgIpc) is 3.03. The highest BCUT2D eigenvalue weighted by Gasteiger charge is 2.17. The second-order valence-electron chi connectivity index (χ2n) is 9.56. The van der Waals surface area contributed by atoms with Crippen LogP contribution in [0.25, 0.3) is 6.08 Å². The van der Waals surface area contributed by atoms with E-state index in [2.05, 4.69) is 22.9 Å². The molecule has 4 rings (SSSR count). The number of hydrogen-bond acceptors (Lipinski definition) is 5. The lowest BCUT2D eigenvalue weighted by Gasteiger charge is -2.13. The summed E-state index contributed by atoms with van der Waals surface area (Å²) in [6, 6.07) is 27.8. The number of rotatable bonds is 13. The van der Waals surface area contributed by atoms with Crippen LogP contribution < -0.4 is 20.7 Å². The van der Waals surface area contributed by atoms with Gasteiger partial charge in [0, 0.05) is 37.4 Å². The van der Waals surface area contributed by atoms with Crippen molar-refractivity contribution in [3.63, 3.8) is 0 Å². The Kier molecular flexibility index (Phi) is 12.3. The maximum absolute atomic E-state index is 13.4. The Hall–Kier alpha value is -4.24. The van der Waals surface area contributed by atoms with Crippen molar-refractivity contribution in [2.75, 3.05) is 23.0 Å². The minimum atomic E-state index is -0.577. The molecule has 10 heteroatoms.